The summed E-state index contributed by atoms with van der Waals surface area (Å²) in [6, 6.07) is 10.0. The highest BCUT2D eigenvalue weighted by molar-refractivity contribution is 5.48. The standard InChI is InChI=1S/C15H25N3/c1-11-9-18(10-12(2)17(11)4)15-7-5-14(6-8-15)13(3)16/h5-8,11-13H,9-10,16H2,1-4H3/t11?,12?,13-/m1/s1. The third kappa shape index (κ3) is 2.68. The van der Waals surface area contributed by atoms with Crippen LogP contribution in [0.15, 0.2) is 24.3 Å². The molecule has 0 aromatic heterocycles. The fraction of sp³-hybridized carbons (Fsp3) is 0.600. The quantitative estimate of drug-likeness (QED) is 0.870. The second-order valence-corrected chi connectivity index (χ2v) is 5.65. The fourth-order valence-corrected chi connectivity index (χ4v) is 2.60. The summed E-state index contributed by atoms with van der Waals surface area (Å²) in [7, 11) is 2.21. The van der Waals surface area contributed by atoms with Crippen LogP contribution < -0.4 is 10.6 Å². The van der Waals surface area contributed by atoms with Gasteiger partial charge in [0.05, 0.1) is 0 Å². The van der Waals surface area contributed by atoms with Crippen LogP contribution in [0.4, 0.5) is 5.69 Å². The van der Waals surface area contributed by atoms with E-state index in [1.165, 1.54) is 11.3 Å². The summed E-state index contributed by atoms with van der Waals surface area (Å²) in [5.41, 5.74) is 8.40. The lowest BCUT2D eigenvalue weighted by molar-refractivity contribution is 0.170. The molecule has 0 saturated carbocycles. The van der Waals surface area contributed by atoms with Crippen molar-refractivity contribution < 1.29 is 0 Å². The molecular formula is C15H25N3. The highest BCUT2D eigenvalue weighted by atomic mass is 15.3. The number of likely N-dealkylation sites (N-methyl/N-ethyl adjacent to an activating group) is 1. The van der Waals surface area contributed by atoms with Crippen molar-refractivity contribution in [3.63, 3.8) is 0 Å². The number of nitrogens with zero attached hydrogens (tertiary/aromatic N) is 2. The van der Waals surface area contributed by atoms with Gasteiger partial charge in [0, 0.05) is 36.9 Å². The van der Waals surface area contributed by atoms with E-state index in [1.54, 1.807) is 0 Å². The molecule has 3 heteroatoms. The van der Waals surface area contributed by atoms with E-state index in [4.69, 9.17) is 5.73 Å². The van der Waals surface area contributed by atoms with Crippen molar-refractivity contribution in [1.82, 2.24) is 4.90 Å². The second-order valence-electron chi connectivity index (χ2n) is 5.65. The number of nitrogens with two attached hydrogens (primary N) is 1. The van der Waals surface area contributed by atoms with Crippen molar-refractivity contribution in [2.24, 2.45) is 5.73 Å². The molecule has 0 spiro atoms. The average Bonchev–Trinajstić information content (AvgIpc) is 2.35. The number of piperazine rings is 1. The monoisotopic (exact) mass is 247 g/mol. The first kappa shape index (κ1) is 13.4. The van der Waals surface area contributed by atoms with Gasteiger partial charge in [-0.1, -0.05) is 12.1 Å². The predicted octanol–water partition coefficient (Wildman–Crippen LogP) is 2.24. The topological polar surface area (TPSA) is 32.5 Å². The number of rotatable bonds is 2. The molecule has 0 amide bonds. The Balaban J connectivity index is 2.12. The van der Waals surface area contributed by atoms with E-state index in [0.717, 1.165) is 13.1 Å². The van der Waals surface area contributed by atoms with Crippen LogP contribution in [-0.2, 0) is 0 Å². The van der Waals surface area contributed by atoms with Crippen LogP contribution in [0.2, 0.25) is 0 Å². The lowest BCUT2D eigenvalue weighted by Gasteiger charge is -2.43. The Bertz CT molecular complexity index is 373. The Morgan fingerprint density at radius 3 is 2.06 bits per heavy atom. The van der Waals surface area contributed by atoms with Crippen LogP contribution in [0.5, 0.6) is 0 Å². The maximum atomic E-state index is 5.88. The molecule has 1 aliphatic rings. The van der Waals surface area contributed by atoms with E-state index in [2.05, 4.69) is 55.0 Å². The molecular weight excluding hydrogens is 222 g/mol. The lowest BCUT2D eigenvalue weighted by Crippen LogP contribution is -2.55. The van der Waals surface area contributed by atoms with Crippen LogP contribution in [0.1, 0.15) is 32.4 Å². The van der Waals surface area contributed by atoms with Crippen molar-refractivity contribution >= 4 is 5.69 Å². The Hall–Kier alpha value is -1.06. The molecule has 0 aliphatic carbocycles. The third-order valence-electron chi connectivity index (χ3n) is 4.14. The molecule has 18 heavy (non-hydrogen) atoms. The van der Waals surface area contributed by atoms with Gasteiger partial charge in [0.15, 0.2) is 0 Å². The van der Waals surface area contributed by atoms with Gasteiger partial charge in [0.2, 0.25) is 0 Å². The predicted molar refractivity (Wildman–Crippen MR) is 77.9 cm³/mol. The molecule has 1 fully saturated rings. The smallest absolute Gasteiger partial charge is 0.0367 e. The van der Waals surface area contributed by atoms with Crippen molar-refractivity contribution in [2.45, 2.75) is 38.9 Å². The second kappa shape index (κ2) is 5.29. The molecule has 1 aromatic rings. The number of hydrogen-bond acceptors (Lipinski definition) is 3. The molecule has 100 valence electrons. The first-order chi connectivity index (χ1) is 8.49. The van der Waals surface area contributed by atoms with Gasteiger partial charge in [-0.05, 0) is 45.5 Å². The normalized spacial score (nSPS) is 27.3. The first-order valence-electron chi connectivity index (χ1n) is 6.81. The van der Waals surface area contributed by atoms with E-state index in [1.807, 2.05) is 6.92 Å². The maximum absolute atomic E-state index is 5.88. The zero-order valence-corrected chi connectivity index (χ0v) is 11.9. The van der Waals surface area contributed by atoms with E-state index in [9.17, 15) is 0 Å². The summed E-state index contributed by atoms with van der Waals surface area (Å²) in [6.07, 6.45) is 0. The SMILES string of the molecule is CC1CN(c2ccc([C@@H](C)N)cc2)CC(C)N1C. The third-order valence-corrected chi connectivity index (χ3v) is 4.14. The van der Waals surface area contributed by atoms with Gasteiger partial charge in [-0.15, -0.1) is 0 Å². The number of hydrogen-bond donors (Lipinski definition) is 1. The maximum Gasteiger partial charge on any atom is 0.0367 e. The summed E-state index contributed by atoms with van der Waals surface area (Å²) in [5.74, 6) is 0. The van der Waals surface area contributed by atoms with E-state index in [0.29, 0.717) is 12.1 Å². The van der Waals surface area contributed by atoms with Crippen LogP contribution in [0.25, 0.3) is 0 Å². The summed E-state index contributed by atoms with van der Waals surface area (Å²) < 4.78 is 0. The van der Waals surface area contributed by atoms with Crippen LogP contribution >= 0.6 is 0 Å². The summed E-state index contributed by atoms with van der Waals surface area (Å²) in [5, 5.41) is 0. The molecule has 3 nitrogen and oxygen atoms in total. The first-order valence-corrected chi connectivity index (χ1v) is 6.81. The minimum atomic E-state index is 0.115. The van der Waals surface area contributed by atoms with Crippen LogP contribution in [-0.4, -0.2) is 37.1 Å². The highest BCUT2D eigenvalue weighted by Crippen LogP contribution is 2.23. The van der Waals surface area contributed by atoms with Crippen LogP contribution in [0, 0.1) is 0 Å². The van der Waals surface area contributed by atoms with Gasteiger partial charge >= 0.3 is 0 Å². The van der Waals surface area contributed by atoms with Crippen molar-refractivity contribution in [2.75, 3.05) is 25.0 Å². The van der Waals surface area contributed by atoms with Gasteiger partial charge in [-0.3, -0.25) is 4.90 Å². The molecule has 1 aliphatic heterocycles. The lowest BCUT2D eigenvalue weighted by atomic mass is 10.1. The molecule has 1 saturated heterocycles. The average molecular weight is 247 g/mol. The molecule has 1 heterocycles. The van der Waals surface area contributed by atoms with E-state index >= 15 is 0 Å². The summed E-state index contributed by atoms with van der Waals surface area (Å²) in [4.78, 5) is 4.92. The van der Waals surface area contributed by atoms with Gasteiger partial charge in [0.25, 0.3) is 0 Å². The highest BCUT2D eigenvalue weighted by Gasteiger charge is 2.26. The Morgan fingerprint density at radius 1 is 1.11 bits per heavy atom. The summed E-state index contributed by atoms with van der Waals surface area (Å²) >= 11 is 0. The Morgan fingerprint density at radius 2 is 1.61 bits per heavy atom. The van der Waals surface area contributed by atoms with Gasteiger partial charge in [-0.2, -0.15) is 0 Å². The Kier molecular flexibility index (Phi) is 3.93. The minimum Gasteiger partial charge on any atom is -0.368 e. The van der Waals surface area contributed by atoms with Gasteiger partial charge in [-0.25, -0.2) is 0 Å². The molecule has 0 radical (unpaired) electrons. The van der Waals surface area contributed by atoms with Crippen molar-refractivity contribution in [3.05, 3.63) is 29.8 Å². The van der Waals surface area contributed by atoms with E-state index < -0.39 is 0 Å². The van der Waals surface area contributed by atoms with Crippen molar-refractivity contribution in [1.29, 1.82) is 0 Å². The Labute approximate surface area is 111 Å². The molecule has 2 rings (SSSR count). The number of benzene rings is 1. The van der Waals surface area contributed by atoms with Crippen molar-refractivity contribution in [3.8, 4) is 0 Å². The largest absolute Gasteiger partial charge is 0.368 e. The molecule has 2 N–H and O–H groups in total. The summed E-state index contributed by atoms with van der Waals surface area (Å²) in [6.45, 7) is 8.80. The minimum absolute atomic E-state index is 0.115. The molecule has 1 aromatic carbocycles. The fourth-order valence-electron chi connectivity index (χ4n) is 2.60. The number of anilines is 1. The zero-order valence-electron chi connectivity index (χ0n) is 11.9. The molecule has 2 unspecified atom stereocenters. The zero-order chi connectivity index (χ0) is 13.3. The molecule has 3 atom stereocenters. The molecule has 0 bridgehead atoms. The van der Waals surface area contributed by atoms with E-state index in [-0.39, 0.29) is 6.04 Å². The van der Waals surface area contributed by atoms with Crippen LogP contribution in [0.3, 0.4) is 0 Å². The van der Waals surface area contributed by atoms with Gasteiger partial charge in [0.1, 0.15) is 0 Å². The van der Waals surface area contributed by atoms with Gasteiger partial charge < -0.3 is 10.6 Å².